The molecule has 0 atom stereocenters. The fraction of sp³-hybridized carbons (Fsp3) is 0.263. The van der Waals surface area contributed by atoms with Crippen LogP contribution in [0.4, 0.5) is 5.69 Å². The van der Waals surface area contributed by atoms with Gasteiger partial charge in [-0.05, 0) is 49.2 Å². The number of hydrogen-bond donors (Lipinski definition) is 2. The molecule has 0 heterocycles. The maximum absolute atomic E-state index is 12.0. The standard InChI is InChI=1S/C19H21ClN2O2S/c1-13-4-3-5-14(2)19(13)22-18(24)12-21-17(23)10-11-25-16-8-6-15(20)7-9-16/h3-9H,10-12H2,1-2H3,(H,21,23)(H,22,24). The third-order valence-electron chi connectivity index (χ3n) is 3.60. The molecular formula is C19H21ClN2O2S. The molecule has 0 saturated carbocycles. The summed E-state index contributed by atoms with van der Waals surface area (Å²) in [6, 6.07) is 13.3. The van der Waals surface area contributed by atoms with Crippen LogP contribution in [0.2, 0.25) is 5.02 Å². The van der Waals surface area contributed by atoms with Gasteiger partial charge in [0.2, 0.25) is 11.8 Å². The van der Waals surface area contributed by atoms with Crippen LogP contribution in [0, 0.1) is 13.8 Å². The van der Waals surface area contributed by atoms with E-state index in [1.165, 1.54) is 0 Å². The van der Waals surface area contributed by atoms with Gasteiger partial charge in [0.25, 0.3) is 0 Å². The summed E-state index contributed by atoms with van der Waals surface area (Å²) in [6.45, 7) is 3.85. The number of rotatable bonds is 7. The number of hydrogen-bond acceptors (Lipinski definition) is 3. The quantitative estimate of drug-likeness (QED) is 0.712. The summed E-state index contributed by atoms with van der Waals surface area (Å²) in [7, 11) is 0. The molecule has 0 radical (unpaired) electrons. The maximum Gasteiger partial charge on any atom is 0.243 e. The van der Waals surface area contributed by atoms with Gasteiger partial charge in [0.05, 0.1) is 6.54 Å². The lowest BCUT2D eigenvalue weighted by Crippen LogP contribution is -2.33. The van der Waals surface area contributed by atoms with Crippen molar-refractivity contribution in [3.63, 3.8) is 0 Å². The fourth-order valence-electron chi connectivity index (χ4n) is 2.25. The van der Waals surface area contributed by atoms with Crippen LogP contribution in [0.5, 0.6) is 0 Å². The third kappa shape index (κ3) is 6.44. The Labute approximate surface area is 157 Å². The summed E-state index contributed by atoms with van der Waals surface area (Å²) in [6.07, 6.45) is 0.351. The Bertz CT molecular complexity index is 727. The van der Waals surface area contributed by atoms with Crippen molar-refractivity contribution in [2.45, 2.75) is 25.2 Å². The largest absolute Gasteiger partial charge is 0.347 e. The topological polar surface area (TPSA) is 58.2 Å². The molecule has 0 saturated heterocycles. The summed E-state index contributed by atoms with van der Waals surface area (Å²) in [4.78, 5) is 24.9. The van der Waals surface area contributed by atoms with E-state index < -0.39 is 0 Å². The first-order valence-corrected chi connectivity index (χ1v) is 9.33. The average molecular weight is 377 g/mol. The van der Waals surface area contributed by atoms with Gasteiger partial charge in [0, 0.05) is 27.8 Å². The van der Waals surface area contributed by atoms with Crippen molar-refractivity contribution < 1.29 is 9.59 Å². The van der Waals surface area contributed by atoms with Crippen LogP contribution in [0.1, 0.15) is 17.5 Å². The zero-order valence-corrected chi connectivity index (χ0v) is 15.8. The number of para-hydroxylation sites is 1. The van der Waals surface area contributed by atoms with Crippen LogP contribution in [-0.2, 0) is 9.59 Å². The molecule has 0 bridgehead atoms. The third-order valence-corrected chi connectivity index (χ3v) is 4.87. The van der Waals surface area contributed by atoms with Crippen LogP contribution in [-0.4, -0.2) is 24.1 Å². The predicted octanol–water partition coefficient (Wildman–Crippen LogP) is 4.19. The van der Waals surface area contributed by atoms with Crippen molar-refractivity contribution in [1.29, 1.82) is 0 Å². The highest BCUT2D eigenvalue weighted by molar-refractivity contribution is 7.99. The van der Waals surface area contributed by atoms with E-state index >= 15 is 0 Å². The van der Waals surface area contributed by atoms with E-state index in [2.05, 4.69) is 10.6 Å². The SMILES string of the molecule is Cc1cccc(C)c1NC(=O)CNC(=O)CCSc1ccc(Cl)cc1. The number of thioether (sulfide) groups is 1. The number of carbonyl (C=O) groups is 2. The number of aryl methyl sites for hydroxylation is 2. The monoisotopic (exact) mass is 376 g/mol. The summed E-state index contributed by atoms with van der Waals surface area (Å²) in [5, 5.41) is 6.19. The van der Waals surface area contributed by atoms with E-state index in [4.69, 9.17) is 11.6 Å². The molecule has 0 aliphatic carbocycles. The maximum atomic E-state index is 12.0. The molecular weight excluding hydrogens is 356 g/mol. The molecule has 4 nitrogen and oxygen atoms in total. The first kappa shape index (κ1) is 19.3. The molecule has 6 heteroatoms. The fourth-order valence-corrected chi connectivity index (χ4v) is 3.23. The van der Waals surface area contributed by atoms with Gasteiger partial charge in [0.15, 0.2) is 0 Å². The Morgan fingerprint density at radius 1 is 1.00 bits per heavy atom. The van der Waals surface area contributed by atoms with E-state index in [-0.39, 0.29) is 18.4 Å². The molecule has 0 spiro atoms. The second-order valence-corrected chi connectivity index (χ2v) is 7.25. The normalized spacial score (nSPS) is 10.4. The van der Waals surface area contributed by atoms with E-state index in [0.717, 1.165) is 21.7 Å². The van der Waals surface area contributed by atoms with Gasteiger partial charge in [-0.3, -0.25) is 9.59 Å². The first-order chi connectivity index (χ1) is 12.0. The number of carbonyl (C=O) groups excluding carboxylic acids is 2. The molecule has 2 aromatic carbocycles. The number of halogens is 1. The molecule has 0 aliphatic heterocycles. The van der Waals surface area contributed by atoms with Crippen molar-refractivity contribution in [3.05, 3.63) is 58.6 Å². The second kappa shape index (κ2) is 9.49. The number of amides is 2. The summed E-state index contributed by atoms with van der Waals surface area (Å²) in [5.74, 6) is 0.278. The Kier molecular flexibility index (Phi) is 7.34. The summed E-state index contributed by atoms with van der Waals surface area (Å²) >= 11 is 7.41. The highest BCUT2D eigenvalue weighted by Crippen LogP contribution is 2.21. The van der Waals surface area contributed by atoms with Crippen molar-refractivity contribution in [2.75, 3.05) is 17.6 Å². The minimum Gasteiger partial charge on any atom is -0.347 e. The molecule has 0 aliphatic rings. The van der Waals surface area contributed by atoms with Crippen molar-refractivity contribution in [1.82, 2.24) is 5.32 Å². The minimum absolute atomic E-state index is 0.0295. The van der Waals surface area contributed by atoms with Crippen molar-refractivity contribution >= 4 is 40.9 Å². The first-order valence-electron chi connectivity index (χ1n) is 7.97. The lowest BCUT2D eigenvalue weighted by atomic mass is 10.1. The predicted molar refractivity (Wildman–Crippen MR) is 104 cm³/mol. The van der Waals surface area contributed by atoms with E-state index in [0.29, 0.717) is 17.2 Å². The molecule has 2 aromatic rings. The van der Waals surface area contributed by atoms with Crippen molar-refractivity contribution in [2.24, 2.45) is 0 Å². The molecule has 25 heavy (non-hydrogen) atoms. The van der Waals surface area contributed by atoms with Gasteiger partial charge >= 0.3 is 0 Å². The van der Waals surface area contributed by atoms with E-state index in [1.54, 1.807) is 11.8 Å². The van der Waals surface area contributed by atoms with Crippen LogP contribution in [0.3, 0.4) is 0 Å². The smallest absolute Gasteiger partial charge is 0.243 e. The molecule has 2 rings (SSSR count). The minimum atomic E-state index is -0.226. The van der Waals surface area contributed by atoms with Gasteiger partial charge in [-0.1, -0.05) is 29.8 Å². The van der Waals surface area contributed by atoms with Gasteiger partial charge in [0.1, 0.15) is 0 Å². The number of nitrogens with one attached hydrogen (secondary N) is 2. The van der Waals surface area contributed by atoms with Crippen LogP contribution in [0.15, 0.2) is 47.4 Å². The van der Waals surface area contributed by atoms with E-state index in [1.807, 2.05) is 56.3 Å². The Hall–Kier alpha value is -1.98. The molecule has 132 valence electrons. The Balaban J connectivity index is 1.70. The molecule has 0 aromatic heterocycles. The lowest BCUT2D eigenvalue weighted by Gasteiger charge is -2.12. The molecule has 0 unspecified atom stereocenters. The Morgan fingerprint density at radius 3 is 2.28 bits per heavy atom. The second-order valence-electron chi connectivity index (χ2n) is 5.64. The molecule has 2 amide bonds. The van der Waals surface area contributed by atoms with Crippen LogP contribution < -0.4 is 10.6 Å². The summed E-state index contributed by atoms with van der Waals surface area (Å²) in [5.41, 5.74) is 2.80. The highest BCUT2D eigenvalue weighted by atomic mass is 35.5. The van der Waals surface area contributed by atoms with Crippen molar-refractivity contribution in [3.8, 4) is 0 Å². The van der Waals surface area contributed by atoms with Gasteiger partial charge in [-0.2, -0.15) is 0 Å². The molecule has 0 fully saturated rings. The Morgan fingerprint density at radius 2 is 1.64 bits per heavy atom. The molecule has 2 N–H and O–H groups in total. The summed E-state index contributed by atoms with van der Waals surface area (Å²) < 4.78 is 0. The lowest BCUT2D eigenvalue weighted by molar-refractivity contribution is -0.123. The number of anilines is 1. The zero-order chi connectivity index (χ0) is 18.2. The van der Waals surface area contributed by atoms with Gasteiger partial charge < -0.3 is 10.6 Å². The van der Waals surface area contributed by atoms with Crippen LogP contribution in [0.25, 0.3) is 0 Å². The number of benzene rings is 2. The van der Waals surface area contributed by atoms with E-state index in [9.17, 15) is 9.59 Å². The zero-order valence-electron chi connectivity index (χ0n) is 14.3. The van der Waals surface area contributed by atoms with Crippen LogP contribution >= 0.6 is 23.4 Å². The average Bonchev–Trinajstić information content (AvgIpc) is 2.58. The highest BCUT2D eigenvalue weighted by Gasteiger charge is 2.09. The van der Waals surface area contributed by atoms with Gasteiger partial charge in [-0.25, -0.2) is 0 Å². The van der Waals surface area contributed by atoms with Gasteiger partial charge in [-0.15, -0.1) is 11.8 Å².